The SMILES string of the molecule is CC(C)(O)CCNC(=O)C1=C2C=C3CC3=C2C=C1. The number of hydrogen-bond donors (Lipinski definition) is 2. The van der Waals surface area contributed by atoms with Crippen molar-refractivity contribution in [1.29, 1.82) is 0 Å². The van der Waals surface area contributed by atoms with Crippen LogP contribution < -0.4 is 5.32 Å². The quantitative estimate of drug-likeness (QED) is 0.790. The lowest BCUT2D eigenvalue weighted by Crippen LogP contribution is -2.31. The average molecular weight is 243 g/mol. The molecular formula is C15H17NO2. The molecule has 0 aliphatic heterocycles. The normalized spacial score (nSPS) is 20.1. The maximum absolute atomic E-state index is 12.0. The van der Waals surface area contributed by atoms with Gasteiger partial charge in [0.05, 0.1) is 5.60 Å². The van der Waals surface area contributed by atoms with E-state index in [2.05, 4.69) is 11.4 Å². The molecule has 0 atom stereocenters. The first-order valence-electron chi connectivity index (χ1n) is 6.33. The second-order valence-electron chi connectivity index (χ2n) is 5.72. The van der Waals surface area contributed by atoms with Gasteiger partial charge in [-0.2, -0.15) is 0 Å². The summed E-state index contributed by atoms with van der Waals surface area (Å²) in [6.07, 6.45) is 7.70. The second-order valence-corrected chi connectivity index (χ2v) is 5.72. The number of carbonyl (C=O) groups excluding carboxylic acids is 1. The summed E-state index contributed by atoms with van der Waals surface area (Å²) in [7, 11) is 0. The third-order valence-corrected chi connectivity index (χ3v) is 3.54. The van der Waals surface area contributed by atoms with E-state index in [9.17, 15) is 9.90 Å². The van der Waals surface area contributed by atoms with E-state index < -0.39 is 5.60 Å². The lowest BCUT2D eigenvalue weighted by atomic mass is 10.1. The van der Waals surface area contributed by atoms with E-state index in [4.69, 9.17) is 0 Å². The van der Waals surface area contributed by atoms with Gasteiger partial charge in [0.25, 0.3) is 5.91 Å². The molecule has 1 saturated carbocycles. The standard InChI is InChI=1S/C15H17NO2/c1-15(2,18)5-6-16-14(17)11-4-3-10-12-7-9(12)8-13(10)11/h3-4,8,18H,5-7H2,1-2H3,(H,16,17). The fourth-order valence-corrected chi connectivity index (χ4v) is 2.41. The largest absolute Gasteiger partial charge is 0.390 e. The minimum atomic E-state index is -0.735. The van der Waals surface area contributed by atoms with Gasteiger partial charge < -0.3 is 10.4 Å². The van der Waals surface area contributed by atoms with Gasteiger partial charge in [-0.1, -0.05) is 6.08 Å². The number of amides is 1. The highest BCUT2D eigenvalue weighted by molar-refractivity contribution is 6.01. The highest BCUT2D eigenvalue weighted by atomic mass is 16.3. The predicted molar refractivity (Wildman–Crippen MR) is 69.8 cm³/mol. The first-order chi connectivity index (χ1) is 8.46. The molecule has 0 aromatic heterocycles. The van der Waals surface area contributed by atoms with E-state index in [0.717, 1.165) is 17.6 Å². The Morgan fingerprint density at radius 1 is 1.39 bits per heavy atom. The Kier molecular flexibility index (Phi) is 2.35. The summed E-state index contributed by atoms with van der Waals surface area (Å²) in [4.78, 5) is 12.0. The van der Waals surface area contributed by atoms with E-state index in [0.29, 0.717) is 13.0 Å². The van der Waals surface area contributed by atoms with Gasteiger partial charge in [-0.15, -0.1) is 0 Å². The zero-order valence-electron chi connectivity index (χ0n) is 10.7. The van der Waals surface area contributed by atoms with Crippen LogP contribution in [0.5, 0.6) is 0 Å². The number of nitrogens with one attached hydrogen (secondary N) is 1. The Morgan fingerprint density at radius 3 is 2.89 bits per heavy atom. The summed E-state index contributed by atoms with van der Waals surface area (Å²) in [6.45, 7) is 3.98. The molecule has 0 aromatic rings. The van der Waals surface area contributed by atoms with Crippen molar-refractivity contribution >= 4 is 5.91 Å². The third-order valence-electron chi connectivity index (χ3n) is 3.54. The number of fused-ring (bicyclic) bond motifs is 2. The molecule has 3 nitrogen and oxygen atoms in total. The van der Waals surface area contributed by atoms with Crippen molar-refractivity contribution in [1.82, 2.24) is 5.32 Å². The van der Waals surface area contributed by atoms with Crippen LogP contribution >= 0.6 is 0 Å². The zero-order chi connectivity index (χ0) is 12.9. The molecule has 18 heavy (non-hydrogen) atoms. The first-order valence-corrected chi connectivity index (χ1v) is 6.33. The number of hydrogen-bond acceptors (Lipinski definition) is 2. The van der Waals surface area contributed by atoms with Crippen molar-refractivity contribution in [2.45, 2.75) is 32.3 Å². The van der Waals surface area contributed by atoms with Crippen LogP contribution in [0.3, 0.4) is 0 Å². The minimum Gasteiger partial charge on any atom is -0.390 e. The Balaban J connectivity index is 1.65. The molecule has 3 aliphatic rings. The van der Waals surface area contributed by atoms with Crippen molar-refractivity contribution in [2.24, 2.45) is 0 Å². The third kappa shape index (κ3) is 1.95. The summed E-state index contributed by atoms with van der Waals surface area (Å²) in [5.41, 5.74) is 5.12. The molecule has 0 bridgehead atoms. The molecular weight excluding hydrogens is 226 g/mol. The molecule has 0 saturated heterocycles. The van der Waals surface area contributed by atoms with Gasteiger partial charge >= 0.3 is 0 Å². The monoisotopic (exact) mass is 243 g/mol. The predicted octanol–water partition coefficient (Wildman–Crippen LogP) is 1.77. The summed E-state index contributed by atoms with van der Waals surface area (Å²) >= 11 is 0. The molecule has 94 valence electrons. The van der Waals surface area contributed by atoms with Crippen molar-refractivity contribution in [2.75, 3.05) is 6.54 Å². The zero-order valence-corrected chi connectivity index (χ0v) is 10.7. The van der Waals surface area contributed by atoms with Gasteiger partial charge in [-0.05, 0) is 61.1 Å². The summed E-state index contributed by atoms with van der Waals surface area (Å²) in [5, 5.41) is 12.5. The van der Waals surface area contributed by atoms with Crippen LogP contribution in [0.15, 0.2) is 46.1 Å². The van der Waals surface area contributed by atoms with E-state index in [1.807, 2.05) is 12.2 Å². The number of carbonyl (C=O) groups is 1. The molecule has 3 aliphatic carbocycles. The van der Waals surface area contributed by atoms with Crippen molar-refractivity contribution < 1.29 is 9.90 Å². The molecule has 0 radical (unpaired) electrons. The van der Waals surface area contributed by atoms with Crippen LogP contribution in [-0.2, 0) is 4.79 Å². The molecule has 3 heteroatoms. The fraction of sp³-hybridized carbons (Fsp3) is 0.400. The molecule has 3 rings (SSSR count). The van der Waals surface area contributed by atoms with Gasteiger partial charge in [-0.3, -0.25) is 4.79 Å². The fourth-order valence-electron chi connectivity index (χ4n) is 2.41. The minimum absolute atomic E-state index is 0.0424. The lowest BCUT2D eigenvalue weighted by molar-refractivity contribution is -0.117. The highest BCUT2D eigenvalue weighted by Gasteiger charge is 2.35. The average Bonchev–Trinajstić information content (AvgIpc) is 2.75. The van der Waals surface area contributed by atoms with Gasteiger partial charge in [0.1, 0.15) is 0 Å². The molecule has 0 heterocycles. The van der Waals surface area contributed by atoms with Crippen LogP contribution in [0.2, 0.25) is 0 Å². The number of allylic oxidation sites excluding steroid dienone is 6. The van der Waals surface area contributed by atoms with Crippen molar-refractivity contribution in [3.63, 3.8) is 0 Å². The van der Waals surface area contributed by atoms with Crippen LogP contribution in [0.4, 0.5) is 0 Å². The maximum Gasteiger partial charge on any atom is 0.251 e. The van der Waals surface area contributed by atoms with E-state index in [1.54, 1.807) is 13.8 Å². The molecule has 2 N–H and O–H groups in total. The maximum atomic E-state index is 12.0. The molecule has 1 amide bonds. The van der Waals surface area contributed by atoms with Crippen LogP contribution in [-0.4, -0.2) is 23.2 Å². The van der Waals surface area contributed by atoms with E-state index in [-0.39, 0.29) is 5.91 Å². The summed E-state index contributed by atoms with van der Waals surface area (Å²) in [6, 6.07) is 0. The lowest BCUT2D eigenvalue weighted by Gasteiger charge is -2.17. The smallest absolute Gasteiger partial charge is 0.251 e. The summed E-state index contributed by atoms with van der Waals surface area (Å²) < 4.78 is 0. The van der Waals surface area contributed by atoms with E-state index in [1.165, 1.54) is 16.7 Å². The number of aliphatic hydroxyl groups is 1. The topological polar surface area (TPSA) is 49.3 Å². The Bertz CT molecular complexity index is 554. The molecule has 0 aromatic carbocycles. The van der Waals surface area contributed by atoms with Crippen molar-refractivity contribution in [3.05, 3.63) is 46.1 Å². The van der Waals surface area contributed by atoms with Crippen molar-refractivity contribution in [3.8, 4) is 0 Å². The first kappa shape index (κ1) is 11.5. The van der Waals surface area contributed by atoms with Gasteiger partial charge in [0, 0.05) is 12.1 Å². The Hall–Kier alpha value is -1.61. The van der Waals surface area contributed by atoms with Crippen LogP contribution in [0, 0.1) is 0 Å². The number of rotatable bonds is 4. The Labute approximate surface area is 107 Å². The Morgan fingerprint density at radius 2 is 2.17 bits per heavy atom. The molecule has 0 unspecified atom stereocenters. The van der Waals surface area contributed by atoms with Gasteiger partial charge in [0.2, 0.25) is 0 Å². The molecule has 0 spiro atoms. The summed E-state index contributed by atoms with van der Waals surface area (Å²) in [5.74, 6) is -0.0424. The second kappa shape index (κ2) is 3.69. The van der Waals surface area contributed by atoms with Gasteiger partial charge in [0.15, 0.2) is 0 Å². The molecule has 1 fully saturated rings. The van der Waals surface area contributed by atoms with E-state index >= 15 is 0 Å². The highest BCUT2D eigenvalue weighted by Crippen LogP contribution is 2.51. The van der Waals surface area contributed by atoms with Crippen LogP contribution in [0.1, 0.15) is 26.7 Å². The van der Waals surface area contributed by atoms with Gasteiger partial charge in [-0.25, -0.2) is 0 Å². The van der Waals surface area contributed by atoms with Crippen LogP contribution in [0.25, 0.3) is 0 Å².